The van der Waals surface area contributed by atoms with E-state index in [4.69, 9.17) is 37.9 Å². The molecule has 0 fully saturated rings. The quantitative estimate of drug-likeness (QED) is 0.0991. The molecule has 7 aromatic heterocycles. The maximum atomic E-state index is 13.6. The molecule has 1 radical (unpaired) electrons. The number of carbonyl (C=O) groups excluding carboxylic acids is 8. The summed E-state index contributed by atoms with van der Waals surface area (Å²) in [5.41, 5.74) is -9.81. The van der Waals surface area contributed by atoms with E-state index in [2.05, 4.69) is 79.7 Å². The number of aromatic nitrogens is 16. The number of esters is 8. The van der Waals surface area contributed by atoms with Crippen LogP contribution in [-0.4, -0.2) is 170 Å². The molecule has 0 unspecified atom stereocenters. The van der Waals surface area contributed by atoms with Gasteiger partial charge in [-0.15, -0.1) is 0 Å². The standard InChI is InChI=1S/C48H42N16O16.Co/c1-9-73-41(65)25-26(42(66)74-10-2)50-18-17(49-25)33-57-34(18)62-36-21-22(54-30(46(70)78-14-6)29(53-21)45(69)77-13-5)38(59-36)64-40-24-23(55-31(47(71)79-15-7)32(56-24)48(72)80-16-8)39(60-40)63-37-20-19(35(58-37)61-33)51-27(43(67)75-11-3)28(52-20)44(68)76-12-4;/h9-16H2,1-8H3,(H2,49,50,51,52,53,54,55,56,57,58,59,60,61,62,63,64,65,66,67,68,69,70,71,72);/q;+2/p-2. The summed E-state index contributed by atoms with van der Waals surface area (Å²) in [4.78, 5) is 181. The second-order valence-corrected chi connectivity index (χ2v) is 15.7. The number of fused-ring (bicyclic) bond motifs is 20. The van der Waals surface area contributed by atoms with Gasteiger partial charge in [0.15, 0.2) is 45.6 Å². The molecular formula is C48H40CoN16O16. The van der Waals surface area contributed by atoms with Crippen molar-refractivity contribution in [3.63, 3.8) is 0 Å². The fourth-order valence-electron chi connectivity index (χ4n) is 7.57. The number of rotatable bonds is 16. The van der Waals surface area contributed by atoms with Gasteiger partial charge in [0.25, 0.3) is 0 Å². The zero-order chi connectivity index (χ0) is 57.1. The van der Waals surface area contributed by atoms with Gasteiger partial charge in [0.05, 0.1) is 52.9 Å². The third-order valence-corrected chi connectivity index (χ3v) is 10.7. The van der Waals surface area contributed by atoms with Crippen LogP contribution in [-0.2, 0) is 54.7 Å². The minimum Gasteiger partial charge on any atom is -0.461 e. The Morgan fingerprint density at radius 1 is 0.259 bits per heavy atom. The maximum Gasteiger partial charge on any atom is 2.00 e. The number of hydrogen-bond acceptors (Lipinski definition) is 30. The molecule has 0 atom stereocenters. The first-order chi connectivity index (χ1) is 38.6. The van der Waals surface area contributed by atoms with E-state index in [9.17, 15) is 38.4 Å². The Balaban J connectivity index is 0.00000860. The SMILES string of the molecule is CCOC(=O)c1nc2c(nc1C(=O)OCC)-c1nc-2nc2[n-]c(nc3nc(nc4[n-]c(n1)c1nc(C(=O)OCC)c(C(=O)OCC)nc41)-c1nc(C(=O)OCC)c(C(=O)OCC)nc1-3)c1nc(C(=O)OCC)c(C(=O)OCC)nc21.[Co+2]. The Hall–Kier alpha value is -10.1. The van der Waals surface area contributed by atoms with E-state index in [1.165, 1.54) is 55.4 Å². The van der Waals surface area contributed by atoms with E-state index in [-0.39, 0.29) is 114 Å². The minimum absolute atomic E-state index is 0. The van der Waals surface area contributed by atoms with Gasteiger partial charge in [-0.3, -0.25) is 0 Å². The van der Waals surface area contributed by atoms with Gasteiger partial charge in [0.2, 0.25) is 0 Å². The van der Waals surface area contributed by atoms with Crippen molar-refractivity contribution in [2.45, 2.75) is 55.4 Å². The average Bonchev–Trinajstić information content (AvgIpc) is 4.34. The zero-order valence-electron chi connectivity index (χ0n) is 43.7. The molecule has 2 aliphatic rings. The van der Waals surface area contributed by atoms with Gasteiger partial charge >= 0.3 is 64.5 Å². The largest absolute Gasteiger partial charge is 2.00 e. The van der Waals surface area contributed by atoms with E-state index >= 15 is 0 Å². The van der Waals surface area contributed by atoms with E-state index in [1.807, 2.05) is 0 Å². The summed E-state index contributed by atoms with van der Waals surface area (Å²) >= 11 is 0. The van der Waals surface area contributed by atoms with E-state index in [0.29, 0.717) is 0 Å². The molecule has 9 heterocycles. The zero-order valence-corrected chi connectivity index (χ0v) is 44.7. The Morgan fingerprint density at radius 3 is 0.580 bits per heavy atom. The van der Waals surface area contributed by atoms with Crippen LogP contribution in [0.4, 0.5) is 0 Å². The average molecular weight is 1160 g/mol. The van der Waals surface area contributed by atoms with Gasteiger partial charge < -0.3 is 67.8 Å². The topological polar surface area (TPSA) is 419 Å². The fourth-order valence-corrected chi connectivity index (χ4v) is 7.57. The molecule has 32 nitrogen and oxygen atoms in total. The number of nitrogens with zero attached hydrogens (tertiary/aromatic N) is 16. The van der Waals surface area contributed by atoms with Crippen molar-refractivity contribution in [2.75, 3.05) is 52.9 Å². The summed E-state index contributed by atoms with van der Waals surface area (Å²) in [5, 5.41) is 0. The first kappa shape index (κ1) is 57.1. The van der Waals surface area contributed by atoms with Crippen LogP contribution in [0.3, 0.4) is 0 Å². The Bertz CT molecular complexity index is 3500. The first-order valence-corrected chi connectivity index (χ1v) is 24.4. The van der Waals surface area contributed by atoms with Crippen molar-refractivity contribution in [2.24, 2.45) is 0 Å². The number of hydrogen-bond donors (Lipinski definition) is 0. The summed E-state index contributed by atoms with van der Waals surface area (Å²) in [6.07, 6.45) is 0. The monoisotopic (exact) mass is 1160 g/mol. The van der Waals surface area contributed by atoms with Gasteiger partial charge in [0.1, 0.15) is 68.1 Å². The molecule has 0 N–H and O–H groups in total. The Kier molecular flexibility index (Phi) is 16.9. The molecular weight excluding hydrogens is 1120 g/mol. The molecule has 81 heavy (non-hydrogen) atoms. The molecule has 7 aromatic rings. The summed E-state index contributed by atoms with van der Waals surface area (Å²) in [6.45, 7) is 10.7. The molecule has 9 rings (SSSR count). The first-order valence-electron chi connectivity index (χ1n) is 24.4. The molecule has 0 amide bonds. The van der Waals surface area contributed by atoms with Crippen LogP contribution in [0.2, 0.25) is 0 Å². The van der Waals surface area contributed by atoms with Crippen LogP contribution in [0, 0.1) is 0 Å². The predicted molar refractivity (Wildman–Crippen MR) is 264 cm³/mol. The summed E-state index contributed by atoms with van der Waals surface area (Å²) in [6, 6.07) is 0. The van der Waals surface area contributed by atoms with Gasteiger partial charge in [-0.05, 0) is 55.4 Å². The predicted octanol–water partition coefficient (Wildman–Crippen LogP) is 2.70. The van der Waals surface area contributed by atoms with Gasteiger partial charge in [-0.25, -0.2) is 88.2 Å². The molecule has 0 spiro atoms. The van der Waals surface area contributed by atoms with Crippen molar-refractivity contribution in [3.05, 3.63) is 45.6 Å². The molecule has 0 saturated carbocycles. The molecule has 0 aliphatic carbocycles. The van der Waals surface area contributed by atoms with E-state index in [1.54, 1.807) is 0 Å². The minimum atomic E-state index is -1.12. The van der Waals surface area contributed by atoms with Gasteiger partial charge in [-0.2, -0.15) is 0 Å². The summed E-state index contributed by atoms with van der Waals surface area (Å²) in [7, 11) is 0. The van der Waals surface area contributed by atoms with Crippen LogP contribution in [0.15, 0.2) is 0 Å². The van der Waals surface area contributed by atoms with E-state index in [0.717, 1.165) is 0 Å². The second kappa shape index (κ2) is 23.9. The Morgan fingerprint density at radius 2 is 0.420 bits per heavy atom. The van der Waals surface area contributed by atoms with Crippen LogP contribution in [0.1, 0.15) is 139 Å². The van der Waals surface area contributed by atoms with Gasteiger partial charge in [-0.1, -0.05) is 0 Å². The van der Waals surface area contributed by atoms with Crippen molar-refractivity contribution >= 4 is 92.4 Å². The smallest absolute Gasteiger partial charge is 0.461 e. The molecule has 33 heteroatoms. The number of ether oxygens (including phenoxy) is 8. The fraction of sp³-hybridized carbons (Fsp3) is 0.333. The molecule has 8 bridgehead atoms. The van der Waals surface area contributed by atoms with Crippen molar-refractivity contribution in [1.82, 2.24) is 79.7 Å². The van der Waals surface area contributed by atoms with Gasteiger partial charge in [0, 0.05) is 22.6 Å². The summed E-state index contributed by atoms with van der Waals surface area (Å²) in [5.74, 6) is -10.8. The van der Waals surface area contributed by atoms with Crippen molar-refractivity contribution in [1.29, 1.82) is 0 Å². The molecule has 0 saturated heterocycles. The van der Waals surface area contributed by atoms with Crippen LogP contribution in [0.25, 0.3) is 90.7 Å². The van der Waals surface area contributed by atoms with Crippen molar-refractivity contribution < 1.29 is 93.0 Å². The molecule has 417 valence electrons. The molecule has 0 aromatic carbocycles. The third kappa shape index (κ3) is 10.7. The van der Waals surface area contributed by atoms with Crippen LogP contribution in [0.5, 0.6) is 0 Å². The van der Waals surface area contributed by atoms with Crippen LogP contribution >= 0.6 is 0 Å². The normalized spacial score (nSPS) is 11.2. The van der Waals surface area contributed by atoms with E-state index < -0.39 is 139 Å². The maximum absolute atomic E-state index is 13.6. The second-order valence-electron chi connectivity index (χ2n) is 15.7. The van der Waals surface area contributed by atoms with Crippen LogP contribution < -0.4 is 9.97 Å². The summed E-state index contributed by atoms with van der Waals surface area (Å²) < 4.78 is 41.9. The third-order valence-electron chi connectivity index (χ3n) is 10.7. The van der Waals surface area contributed by atoms with Crippen molar-refractivity contribution in [3.8, 4) is 46.1 Å². The molecule has 2 aliphatic heterocycles. The number of carbonyl (C=O) groups is 8. The Labute approximate surface area is 463 Å².